The summed E-state index contributed by atoms with van der Waals surface area (Å²) in [5.41, 5.74) is 3.70. The van der Waals surface area contributed by atoms with Crippen LogP contribution in [-0.4, -0.2) is 25.7 Å². The smallest absolute Gasteiger partial charge is 0.275 e. The summed E-state index contributed by atoms with van der Waals surface area (Å²) >= 11 is 0. The molecule has 170 valence electrons. The summed E-state index contributed by atoms with van der Waals surface area (Å²) in [6, 6.07) is 10.6. The first-order chi connectivity index (χ1) is 15.6. The fourth-order valence-corrected chi connectivity index (χ4v) is 3.34. The van der Waals surface area contributed by atoms with Crippen LogP contribution in [0.4, 0.5) is 11.5 Å². The van der Waals surface area contributed by atoms with Crippen molar-refractivity contribution in [3.05, 3.63) is 87.8 Å². The van der Waals surface area contributed by atoms with E-state index in [2.05, 4.69) is 53.2 Å². The van der Waals surface area contributed by atoms with Gasteiger partial charge in [0.2, 0.25) is 0 Å². The largest absolute Gasteiger partial charge is 0.359 e. The van der Waals surface area contributed by atoms with Crippen molar-refractivity contribution >= 4 is 23.1 Å². The summed E-state index contributed by atoms with van der Waals surface area (Å²) < 4.78 is 6.82. The number of fused-ring (bicyclic) bond motifs is 1. The van der Waals surface area contributed by atoms with Gasteiger partial charge in [-0.15, -0.1) is 0 Å². The number of aromatic amines is 1. The molecule has 0 atom stereocenters. The van der Waals surface area contributed by atoms with Gasteiger partial charge in [-0.2, -0.15) is 0 Å². The molecule has 0 fully saturated rings. The van der Waals surface area contributed by atoms with Gasteiger partial charge >= 0.3 is 0 Å². The lowest BCUT2D eigenvalue weighted by Crippen LogP contribution is -2.13. The van der Waals surface area contributed by atoms with Gasteiger partial charge in [-0.3, -0.25) is 14.7 Å². The molecule has 1 amide bonds. The van der Waals surface area contributed by atoms with Gasteiger partial charge in [-0.1, -0.05) is 44.6 Å². The molecule has 3 aromatic heterocycles. The quantitative estimate of drug-likeness (QED) is 0.412. The van der Waals surface area contributed by atoms with Gasteiger partial charge in [0, 0.05) is 35.4 Å². The molecule has 0 bridgehead atoms. The first kappa shape index (κ1) is 22.1. The number of nitrogens with zero attached hydrogens (tertiary/aromatic N) is 3. The van der Waals surface area contributed by atoms with E-state index in [9.17, 15) is 9.59 Å². The number of aryl methyl sites for hydroxylation is 1. The number of rotatable bonds is 6. The van der Waals surface area contributed by atoms with Crippen molar-refractivity contribution in [1.82, 2.24) is 19.8 Å². The van der Waals surface area contributed by atoms with Crippen LogP contribution in [0.15, 0.2) is 64.2 Å². The molecule has 4 rings (SSSR count). The number of amides is 1. The topological polar surface area (TPSA) is 117 Å². The van der Waals surface area contributed by atoms with E-state index in [-0.39, 0.29) is 22.6 Å². The molecule has 9 nitrogen and oxygen atoms in total. The number of carbonyl (C=O) groups excluding carboxylic acids is 1. The number of benzene rings is 1. The second-order valence-corrected chi connectivity index (χ2v) is 9.00. The van der Waals surface area contributed by atoms with Crippen LogP contribution in [0.25, 0.3) is 5.65 Å². The molecule has 9 heteroatoms. The van der Waals surface area contributed by atoms with Gasteiger partial charge in [0.15, 0.2) is 11.5 Å². The molecule has 0 radical (unpaired) electrons. The number of H-pyrrole nitrogens is 1. The molecule has 0 aliphatic heterocycles. The minimum absolute atomic E-state index is 0.119. The van der Waals surface area contributed by atoms with E-state index in [1.807, 2.05) is 31.2 Å². The molecule has 3 heterocycles. The van der Waals surface area contributed by atoms with Crippen LogP contribution in [0.3, 0.4) is 0 Å². The van der Waals surface area contributed by atoms with E-state index in [0.717, 1.165) is 22.6 Å². The summed E-state index contributed by atoms with van der Waals surface area (Å²) in [7, 11) is 0. The van der Waals surface area contributed by atoms with E-state index >= 15 is 0 Å². The predicted molar refractivity (Wildman–Crippen MR) is 127 cm³/mol. The zero-order chi connectivity index (χ0) is 23.8. The molecular formula is C24H26N6O3. The monoisotopic (exact) mass is 446 g/mol. The van der Waals surface area contributed by atoms with Crippen molar-refractivity contribution in [3.8, 4) is 0 Å². The highest BCUT2D eigenvalue weighted by Gasteiger charge is 2.20. The first-order valence-electron chi connectivity index (χ1n) is 10.5. The van der Waals surface area contributed by atoms with Crippen LogP contribution in [0.2, 0.25) is 0 Å². The molecule has 0 unspecified atom stereocenters. The highest BCUT2D eigenvalue weighted by atomic mass is 16.5. The summed E-state index contributed by atoms with van der Waals surface area (Å²) in [5.74, 6) is 1.06. The van der Waals surface area contributed by atoms with Crippen molar-refractivity contribution in [1.29, 1.82) is 0 Å². The molecule has 1 aromatic carbocycles. The molecule has 4 aromatic rings. The van der Waals surface area contributed by atoms with Gasteiger partial charge in [-0.05, 0) is 30.2 Å². The Balaban J connectivity index is 1.40. The van der Waals surface area contributed by atoms with Crippen molar-refractivity contribution < 1.29 is 9.32 Å². The van der Waals surface area contributed by atoms with Crippen molar-refractivity contribution in [3.63, 3.8) is 0 Å². The molecular weight excluding hydrogens is 420 g/mol. The third kappa shape index (κ3) is 5.03. The average Bonchev–Trinajstić information content (AvgIpc) is 3.36. The Kier molecular flexibility index (Phi) is 5.63. The van der Waals surface area contributed by atoms with Crippen molar-refractivity contribution in [2.24, 2.45) is 0 Å². The zero-order valence-electron chi connectivity index (χ0n) is 19.0. The van der Waals surface area contributed by atoms with E-state index in [1.54, 1.807) is 6.07 Å². The minimum atomic E-state index is -0.359. The zero-order valence-corrected chi connectivity index (χ0v) is 19.0. The van der Waals surface area contributed by atoms with E-state index in [0.29, 0.717) is 23.6 Å². The summed E-state index contributed by atoms with van der Waals surface area (Å²) in [5, 5.41) is 12.7. The summed E-state index contributed by atoms with van der Waals surface area (Å²) in [6.45, 7) is 12.2. The van der Waals surface area contributed by atoms with Crippen LogP contribution in [0, 0.1) is 6.92 Å². The van der Waals surface area contributed by atoms with Gasteiger partial charge in [0.05, 0.1) is 6.20 Å². The Bertz CT molecular complexity index is 1400. The number of anilines is 2. The van der Waals surface area contributed by atoms with E-state index in [4.69, 9.17) is 4.52 Å². The number of imidazole rings is 1. The van der Waals surface area contributed by atoms with Gasteiger partial charge < -0.3 is 15.2 Å². The standard InChI is InChI=1S/C24H26N6O3/c1-14-10-16(11-15(2)25-20-12-19(33-29-20)24(3,4)5)6-7-17(14)27-23(32)18-13-30-21(26-18)8-9-22(31)28-30/h6-10,12-13H,2,11H2,1,3-5H3,(H,25,29)(H,27,32)(H,28,31). The predicted octanol–water partition coefficient (Wildman–Crippen LogP) is 4.04. The number of allylic oxidation sites excluding steroid dienone is 1. The lowest BCUT2D eigenvalue weighted by molar-refractivity contribution is 0.102. The van der Waals surface area contributed by atoms with Crippen LogP contribution in [-0.2, 0) is 11.8 Å². The second-order valence-electron chi connectivity index (χ2n) is 9.00. The molecule has 0 aliphatic carbocycles. The molecule has 3 N–H and O–H groups in total. The summed E-state index contributed by atoms with van der Waals surface area (Å²) in [4.78, 5) is 28.3. The number of hydrogen-bond acceptors (Lipinski definition) is 6. The molecule has 33 heavy (non-hydrogen) atoms. The minimum Gasteiger partial charge on any atom is -0.359 e. The Hall–Kier alpha value is -4.14. The summed E-state index contributed by atoms with van der Waals surface area (Å²) in [6.07, 6.45) is 2.08. The second kappa shape index (κ2) is 8.42. The van der Waals surface area contributed by atoms with Gasteiger partial charge in [-0.25, -0.2) is 9.50 Å². The highest BCUT2D eigenvalue weighted by molar-refractivity contribution is 6.03. The first-order valence-corrected chi connectivity index (χ1v) is 10.5. The molecule has 0 spiro atoms. The van der Waals surface area contributed by atoms with E-state index in [1.165, 1.54) is 16.8 Å². The fourth-order valence-electron chi connectivity index (χ4n) is 3.34. The lowest BCUT2D eigenvalue weighted by Gasteiger charge is -2.12. The maximum Gasteiger partial charge on any atom is 0.275 e. The maximum atomic E-state index is 12.6. The SMILES string of the molecule is C=C(Cc1ccc(NC(=O)c2cn3[nH]c(=O)ccc3n2)c(C)c1)Nc1cc(C(C)(C)C)on1. The van der Waals surface area contributed by atoms with Crippen LogP contribution < -0.4 is 16.2 Å². The van der Waals surface area contributed by atoms with Crippen LogP contribution in [0.5, 0.6) is 0 Å². The molecule has 0 saturated carbocycles. The molecule has 0 saturated heterocycles. The molecule has 0 aliphatic rings. The van der Waals surface area contributed by atoms with Crippen molar-refractivity contribution in [2.45, 2.75) is 39.5 Å². The average molecular weight is 447 g/mol. The third-order valence-electron chi connectivity index (χ3n) is 5.09. The normalized spacial score (nSPS) is 11.5. The maximum absolute atomic E-state index is 12.6. The third-order valence-corrected chi connectivity index (χ3v) is 5.09. The number of nitrogens with one attached hydrogen (secondary N) is 3. The number of hydrogen-bond donors (Lipinski definition) is 3. The Labute approximate surface area is 190 Å². The Morgan fingerprint density at radius 2 is 1.97 bits per heavy atom. The van der Waals surface area contributed by atoms with E-state index < -0.39 is 0 Å². The van der Waals surface area contributed by atoms with Crippen molar-refractivity contribution in [2.75, 3.05) is 10.6 Å². The fraction of sp³-hybridized carbons (Fsp3) is 0.250. The highest BCUT2D eigenvalue weighted by Crippen LogP contribution is 2.25. The van der Waals surface area contributed by atoms with Crippen LogP contribution in [0.1, 0.15) is 48.1 Å². The number of carbonyl (C=O) groups is 1. The lowest BCUT2D eigenvalue weighted by atomic mass is 9.93. The Morgan fingerprint density at radius 3 is 2.67 bits per heavy atom. The number of aromatic nitrogens is 4. The Morgan fingerprint density at radius 1 is 1.18 bits per heavy atom. The van der Waals surface area contributed by atoms with Crippen LogP contribution >= 0.6 is 0 Å². The van der Waals surface area contributed by atoms with Gasteiger partial charge in [0.1, 0.15) is 11.5 Å². The van der Waals surface area contributed by atoms with Gasteiger partial charge in [0.25, 0.3) is 11.5 Å².